The van der Waals surface area contributed by atoms with E-state index >= 15 is 0 Å². The predicted molar refractivity (Wildman–Crippen MR) is 87.9 cm³/mol. The van der Waals surface area contributed by atoms with Gasteiger partial charge in [0.2, 0.25) is 5.91 Å². The quantitative estimate of drug-likeness (QED) is 0.787. The number of nitrogens with one attached hydrogen (secondary N) is 3. The van der Waals surface area contributed by atoms with Crippen molar-refractivity contribution < 1.29 is 9.53 Å². The van der Waals surface area contributed by atoms with Gasteiger partial charge < -0.3 is 10.1 Å². The van der Waals surface area contributed by atoms with Crippen molar-refractivity contribution >= 4 is 11.6 Å². The van der Waals surface area contributed by atoms with Crippen LogP contribution in [0.3, 0.4) is 0 Å². The van der Waals surface area contributed by atoms with Crippen LogP contribution in [0.25, 0.3) is 0 Å². The van der Waals surface area contributed by atoms with E-state index < -0.39 is 0 Å². The Kier molecular flexibility index (Phi) is 4.85. The zero-order valence-electron chi connectivity index (χ0n) is 13.0. The van der Waals surface area contributed by atoms with Crippen LogP contribution in [0.15, 0.2) is 48.8 Å². The Balaban J connectivity index is 1.57. The van der Waals surface area contributed by atoms with Crippen molar-refractivity contribution in [2.24, 2.45) is 0 Å². The van der Waals surface area contributed by atoms with Gasteiger partial charge in [-0.25, -0.2) is 10.9 Å². The normalized spacial score (nSPS) is 20.2. The molecule has 3 rings (SSSR count). The zero-order chi connectivity index (χ0) is 16.1. The second kappa shape index (κ2) is 7.21. The van der Waals surface area contributed by atoms with Gasteiger partial charge >= 0.3 is 0 Å². The predicted octanol–water partition coefficient (Wildman–Crippen LogP) is 2.03. The average Bonchev–Trinajstić information content (AvgIpc) is 3.08. The summed E-state index contributed by atoms with van der Waals surface area (Å²) in [5, 5.41) is 2.92. The van der Waals surface area contributed by atoms with Crippen molar-refractivity contribution in [3.63, 3.8) is 0 Å². The van der Waals surface area contributed by atoms with E-state index in [1.807, 2.05) is 43.3 Å². The van der Waals surface area contributed by atoms with Crippen molar-refractivity contribution in [3.05, 3.63) is 54.4 Å². The summed E-state index contributed by atoms with van der Waals surface area (Å²) in [4.78, 5) is 16.4. The molecule has 6 heteroatoms. The number of amides is 1. The number of aromatic nitrogens is 1. The molecule has 1 fully saturated rings. The van der Waals surface area contributed by atoms with Crippen LogP contribution < -0.4 is 20.9 Å². The Morgan fingerprint density at radius 3 is 2.65 bits per heavy atom. The maximum Gasteiger partial charge on any atom is 0.242 e. The molecule has 1 aliphatic heterocycles. The maximum absolute atomic E-state index is 12.3. The first-order valence-corrected chi connectivity index (χ1v) is 7.71. The van der Waals surface area contributed by atoms with Gasteiger partial charge in [-0.1, -0.05) is 0 Å². The lowest BCUT2D eigenvalue weighted by molar-refractivity contribution is -0.117. The SMILES string of the molecule is CCOc1ccc(NC(=O)C2CC(c3ccncc3)NN2)cc1. The number of nitrogens with zero attached hydrogens (tertiary/aromatic N) is 1. The van der Waals surface area contributed by atoms with Gasteiger partial charge in [0.1, 0.15) is 11.8 Å². The molecule has 0 saturated carbocycles. The molecular formula is C17H20N4O2. The lowest BCUT2D eigenvalue weighted by atomic mass is 10.0. The molecule has 1 aliphatic rings. The largest absolute Gasteiger partial charge is 0.494 e. The third-order valence-corrected chi connectivity index (χ3v) is 3.76. The molecule has 6 nitrogen and oxygen atoms in total. The monoisotopic (exact) mass is 312 g/mol. The molecule has 2 heterocycles. The minimum absolute atomic E-state index is 0.0572. The van der Waals surface area contributed by atoms with Crippen molar-refractivity contribution in [1.82, 2.24) is 15.8 Å². The van der Waals surface area contributed by atoms with Gasteiger partial charge in [0.15, 0.2) is 0 Å². The highest BCUT2D eigenvalue weighted by Crippen LogP contribution is 2.22. The molecule has 0 aliphatic carbocycles. The van der Waals surface area contributed by atoms with E-state index in [4.69, 9.17) is 4.74 Å². The number of anilines is 1. The fraction of sp³-hybridized carbons (Fsp3) is 0.294. The fourth-order valence-corrected chi connectivity index (χ4v) is 2.57. The Morgan fingerprint density at radius 2 is 1.96 bits per heavy atom. The van der Waals surface area contributed by atoms with E-state index in [9.17, 15) is 4.79 Å². The summed E-state index contributed by atoms with van der Waals surface area (Å²) in [5.74, 6) is 0.738. The number of pyridine rings is 1. The first-order chi connectivity index (χ1) is 11.3. The van der Waals surface area contributed by atoms with Gasteiger partial charge in [0.05, 0.1) is 6.61 Å². The molecule has 2 atom stereocenters. The fourth-order valence-electron chi connectivity index (χ4n) is 2.57. The molecule has 0 bridgehead atoms. The number of hydrogen-bond acceptors (Lipinski definition) is 5. The van der Waals surface area contributed by atoms with Gasteiger partial charge in [-0.05, 0) is 55.3 Å². The molecule has 2 aromatic rings. The molecule has 1 amide bonds. The Morgan fingerprint density at radius 1 is 1.22 bits per heavy atom. The van der Waals surface area contributed by atoms with E-state index in [0.29, 0.717) is 13.0 Å². The summed E-state index contributed by atoms with van der Waals surface area (Å²) >= 11 is 0. The van der Waals surface area contributed by atoms with Gasteiger partial charge in [-0.2, -0.15) is 0 Å². The number of rotatable bonds is 5. The lowest BCUT2D eigenvalue weighted by Gasteiger charge is -2.11. The molecule has 0 spiro atoms. The third kappa shape index (κ3) is 3.85. The minimum Gasteiger partial charge on any atom is -0.494 e. The zero-order valence-corrected chi connectivity index (χ0v) is 13.0. The summed E-state index contributed by atoms with van der Waals surface area (Å²) in [6, 6.07) is 11.1. The van der Waals surface area contributed by atoms with Crippen LogP contribution in [0.1, 0.15) is 24.9 Å². The number of hydrazine groups is 1. The average molecular weight is 312 g/mol. The van der Waals surface area contributed by atoms with Crippen molar-refractivity contribution in [3.8, 4) is 5.75 Å². The van der Waals surface area contributed by atoms with Crippen LogP contribution in [-0.2, 0) is 4.79 Å². The Bertz CT molecular complexity index is 645. The number of hydrogen-bond donors (Lipinski definition) is 3. The summed E-state index contributed by atoms with van der Waals surface area (Å²) in [6.07, 6.45) is 4.20. The summed E-state index contributed by atoms with van der Waals surface area (Å²) < 4.78 is 5.39. The Labute approximate surface area is 135 Å². The topological polar surface area (TPSA) is 75.3 Å². The number of ether oxygens (including phenoxy) is 1. The molecule has 1 aromatic carbocycles. The molecule has 3 N–H and O–H groups in total. The van der Waals surface area contributed by atoms with E-state index in [-0.39, 0.29) is 18.0 Å². The van der Waals surface area contributed by atoms with Gasteiger partial charge in [-0.3, -0.25) is 9.78 Å². The molecule has 23 heavy (non-hydrogen) atoms. The highest BCUT2D eigenvalue weighted by molar-refractivity contribution is 5.95. The van der Waals surface area contributed by atoms with Crippen molar-refractivity contribution in [1.29, 1.82) is 0 Å². The molecular weight excluding hydrogens is 292 g/mol. The van der Waals surface area contributed by atoms with Crippen LogP contribution in [-0.4, -0.2) is 23.5 Å². The van der Waals surface area contributed by atoms with Gasteiger partial charge in [0.25, 0.3) is 0 Å². The lowest BCUT2D eigenvalue weighted by Crippen LogP contribution is -2.39. The van der Waals surface area contributed by atoms with Gasteiger partial charge in [-0.15, -0.1) is 0 Å². The van der Waals surface area contributed by atoms with E-state index in [1.54, 1.807) is 12.4 Å². The van der Waals surface area contributed by atoms with Crippen LogP contribution in [0.2, 0.25) is 0 Å². The first-order valence-electron chi connectivity index (χ1n) is 7.71. The Hall–Kier alpha value is -2.44. The highest BCUT2D eigenvalue weighted by Gasteiger charge is 2.30. The second-order valence-electron chi connectivity index (χ2n) is 5.36. The van der Waals surface area contributed by atoms with Gasteiger partial charge in [0, 0.05) is 24.1 Å². The molecule has 1 saturated heterocycles. The van der Waals surface area contributed by atoms with E-state index in [1.165, 1.54) is 0 Å². The van der Waals surface area contributed by atoms with Crippen LogP contribution in [0.5, 0.6) is 5.75 Å². The van der Waals surface area contributed by atoms with Crippen LogP contribution in [0, 0.1) is 0 Å². The van der Waals surface area contributed by atoms with Crippen LogP contribution >= 0.6 is 0 Å². The van der Waals surface area contributed by atoms with Crippen molar-refractivity contribution in [2.45, 2.75) is 25.4 Å². The van der Waals surface area contributed by atoms with Crippen molar-refractivity contribution in [2.75, 3.05) is 11.9 Å². The number of carbonyl (C=O) groups excluding carboxylic acids is 1. The molecule has 2 unspecified atom stereocenters. The summed E-state index contributed by atoms with van der Waals surface area (Å²) in [7, 11) is 0. The smallest absolute Gasteiger partial charge is 0.242 e. The maximum atomic E-state index is 12.3. The molecule has 1 aromatic heterocycles. The summed E-state index contributed by atoms with van der Waals surface area (Å²) in [6.45, 7) is 2.56. The van der Waals surface area contributed by atoms with E-state index in [0.717, 1.165) is 17.0 Å². The molecule has 0 radical (unpaired) electrons. The number of carbonyl (C=O) groups is 1. The summed E-state index contributed by atoms with van der Waals surface area (Å²) in [5.41, 5.74) is 8.08. The minimum atomic E-state index is -0.278. The third-order valence-electron chi connectivity index (χ3n) is 3.76. The first kappa shape index (κ1) is 15.5. The second-order valence-corrected chi connectivity index (χ2v) is 5.36. The highest BCUT2D eigenvalue weighted by atomic mass is 16.5. The van der Waals surface area contributed by atoms with Crippen LogP contribution in [0.4, 0.5) is 5.69 Å². The number of benzene rings is 1. The standard InChI is InChI=1S/C17H20N4O2/c1-2-23-14-5-3-13(4-6-14)19-17(22)16-11-15(20-21-16)12-7-9-18-10-8-12/h3-10,15-16,20-21H,2,11H2,1H3,(H,19,22). The molecule has 120 valence electrons. The van der Waals surface area contributed by atoms with E-state index in [2.05, 4.69) is 21.2 Å².